The van der Waals surface area contributed by atoms with E-state index in [0.717, 1.165) is 6.42 Å². The van der Waals surface area contributed by atoms with Crippen LogP contribution in [0.5, 0.6) is 5.75 Å². The minimum atomic E-state index is -5.08. The zero-order valence-electron chi connectivity index (χ0n) is 22.3. The molecule has 1 aromatic heterocycles. The molecular weight excluding hydrogens is 616 g/mol. The third kappa shape index (κ3) is 12.9. The molecular formula is C25H25F6N3O10. The molecule has 0 aliphatic carbocycles. The molecule has 0 saturated carbocycles. The summed E-state index contributed by atoms with van der Waals surface area (Å²) in [6.07, 6.45) is -8.80. The van der Waals surface area contributed by atoms with E-state index in [4.69, 9.17) is 45.2 Å². The van der Waals surface area contributed by atoms with E-state index in [2.05, 4.69) is 0 Å². The summed E-state index contributed by atoms with van der Waals surface area (Å²) in [5.74, 6) is -6.47. The van der Waals surface area contributed by atoms with E-state index in [0.29, 0.717) is 36.6 Å². The van der Waals surface area contributed by atoms with Crippen LogP contribution in [0.2, 0.25) is 0 Å². The number of carboxylic acid groups (broad SMARTS) is 3. The van der Waals surface area contributed by atoms with E-state index >= 15 is 0 Å². The lowest BCUT2D eigenvalue weighted by molar-refractivity contribution is -0.193. The van der Waals surface area contributed by atoms with Gasteiger partial charge in [0.15, 0.2) is 5.78 Å². The molecule has 19 heteroatoms. The summed E-state index contributed by atoms with van der Waals surface area (Å²) in [5.41, 5.74) is 5.92. The second-order valence-corrected chi connectivity index (χ2v) is 8.69. The highest BCUT2D eigenvalue weighted by Crippen LogP contribution is 2.24. The Hall–Kier alpha value is -4.94. The van der Waals surface area contributed by atoms with Crippen molar-refractivity contribution in [3.05, 3.63) is 53.5 Å². The van der Waals surface area contributed by atoms with Crippen molar-refractivity contribution in [3.63, 3.8) is 0 Å². The van der Waals surface area contributed by atoms with Crippen LogP contribution in [0.25, 0.3) is 0 Å². The number of hydrogen-bond acceptors (Lipinski definition) is 9. The van der Waals surface area contributed by atoms with Crippen LogP contribution in [-0.4, -0.2) is 80.7 Å². The smallest absolute Gasteiger partial charge is 0.481 e. The van der Waals surface area contributed by atoms with Gasteiger partial charge in [-0.25, -0.2) is 14.4 Å². The molecule has 0 radical (unpaired) electrons. The lowest BCUT2D eigenvalue weighted by Gasteiger charge is -2.22. The first-order chi connectivity index (χ1) is 20.2. The van der Waals surface area contributed by atoms with E-state index < -0.39 is 36.2 Å². The number of carbonyl (C=O) groups excluding carboxylic acids is 2. The van der Waals surface area contributed by atoms with Gasteiger partial charge in [0.2, 0.25) is 5.76 Å². The summed E-state index contributed by atoms with van der Waals surface area (Å²) < 4.78 is 74.3. The molecule has 1 atom stereocenters. The number of likely N-dealkylation sites (tertiary alicyclic amines) is 1. The van der Waals surface area contributed by atoms with Gasteiger partial charge in [-0.2, -0.15) is 26.3 Å². The predicted molar refractivity (Wildman–Crippen MR) is 134 cm³/mol. The normalized spacial score (nSPS) is 14.7. The topological polar surface area (TPSA) is 222 Å². The Balaban J connectivity index is 0.000000574. The van der Waals surface area contributed by atoms with Gasteiger partial charge in [-0.15, -0.1) is 0 Å². The van der Waals surface area contributed by atoms with E-state index in [1.54, 1.807) is 18.2 Å². The van der Waals surface area contributed by atoms with Crippen LogP contribution in [0.4, 0.5) is 26.3 Å². The molecule has 1 aliphatic rings. The van der Waals surface area contributed by atoms with E-state index in [1.807, 2.05) is 4.90 Å². The van der Waals surface area contributed by atoms with E-state index in [9.17, 15) is 40.7 Å². The van der Waals surface area contributed by atoms with Crippen molar-refractivity contribution in [1.82, 2.24) is 4.90 Å². The number of nitrogens with two attached hydrogens (primary N) is 1. The molecule has 2 heterocycles. The number of amidine groups is 1. The fourth-order valence-corrected chi connectivity index (χ4v) is 3.41. The number of nitrogens with one attached hydrogen (secondary N) is 1. The van der Waals surface area contributed by atoms with E-state index in [1.165, 1.54) is 18.2 Å². The Morgan fingerprint density at radius 3 is 1.89 bits per heavy atom. The Bertz CT molecular complexity index is 1320. The van der Waals surface area contributed by atoms with Gasteiger partial charge in [0, 0.05) is 12.0 Å². The first-order valence-electron chi connectivity index (χ1n) is 12.1. The van der Waals surface area contributed by atoms with E-state index in [-0.39, 0.29) is 36.3 Å². The fourth-order valence-electron chi connectivity index (χ4n) is 3.41. The predicted octanol–water partition coefficient (Wildman–Crippen LogP) is 3.45. The summed E-state index contributed by atoms with van der Waals surface area (Å²) in [5, 5.41) is 30.4. The second-order valence-electron chi connectivity index (χ2n) is 8.69. The van der Waals surface area contributed by atoms with Crippen LogP contribution < -0.4 is 10.5 Å². The van der Waals surface area contributed by atoms with Crippen LogP contribution in [-0.2, 0) is 25.7 Å². The number of hydrogen-bond donors (Lipinski definition) is 5. The standard InChI is InChI=1S/C21H23N3O6.2C2HF3O2/c22-20(23)13-3-5-14(6-4-13)30-21(28)18-9-7-15(29-18)12-24-11-1-2-16(24)17(25)8-10-19(26)27;2*3-2(4,5)1(6)7/h3-7,9,16H,1-2,8,10-12H2,(H3,22,23)(H,26,27);2*(H,6,7)/t16-;;/m0../s1. The number of nitrogen functional groups attached to an aromatic ring is 1. The lowest BCUT2D eigenvalue weighted by atomic mass is 10.1. The highest BCUT2D eigenvalue weighted by atomic mass is 19.4. The third-order valence-corrected chi connectivity index (χ3v) is 5.40. The number of halogens is 6. The molecule has 44 heavy (non-hydrogen) atoms. The zero-order chi connectivity index (χ0) is 33.8. The molecule has 1 saturated heterocycles. The summed E-state index contributed by atoms with van der Waals surface area (Å²) in [6, 6.07) is 9.07. The van der Waals surface area contributed by atoms with Gasteiger partial charge in [-0.3, -0.25) is 19.9 Å². The van der Waals surface area contributed by atoms with Crippen molar-refractivity contribution in [2.75, 3.05) is 6.54 Å². The maximum atomic E-state index is 12.3. The number of rotatable bonds is 9. The molecule has 0 amide bonds. The second kappa shape index (κ2) is 16.1. The van der Waals surface area contributed by atoms with Crippen LogP contribution in [0.1, 0.15) is 47.6 Å². The molecule has 3 rings (SSSR count). The average Bonchev–Trinajstić information content (AvgIpc) is 3.57. The van der Waals surface area contributed by atoms with Gasteiger partial charge in [0.1, 0.15) is 17.3 Å². The molecule has 2 aromatic rings. The third-order valence-electron chi connectivity index (χ3n) is 5.40. The Morgan fingerprint density at radius 1 is 0.909 bits per heavy atom. The maximum absolute atomic E-state index is 12.3. The largest absolute Gasteiger partial charge is 0.490 e. The Labute approximate surface area is 243 Å². The monoisotopic (exact) mass is 641 g/mol. The number of ketones is 1. The number of Topliss-reactive ketones (excluding diaryl/α,β-unsaturated/α-hetero) is 1. The van der Waals surface area contributed by atoms with Gasteiger partial charge >= 0.3 is 36.2 Å². The lowest BCUT2D eigenvalue weighted by Crippen LogP contribution is -2.35. The number of nitrogens with zero attached hydrogens (tertiary/aromatic N) is 1. The molecule has 242 valence electrons. The van der Waals surface area contributed by atoms with Gasteiger partial charge in [0.05, 0.1) is 19.0 Å². The van der Waals surface area contributed by atoms with Crippen LogP contribution >= 0.6 is 0 Å². The minimum Gasteiger partial charge on any atom is -0.481 e. The Morgan fingerprint density at radius 2 is 1.43 bits per heavy atom. The first kappa shape index (κ1) is 37.1. The van der Waals surface area contributed by atoms with Crippen LogP contribution in [0.15, 0.2) is 40.8 Å². The molecule has 1 fully saturated rings. The van der Waals surface area contributed by atoms with Gasteiger partial charge in [-0.05, 0) is 55.8 Å². The van der Waals surface area contributed by atoms with Crippen LogP contribution in [0, 0.1) is 5.41 Å². The molecule has 1 aromatic carbocycles. The summed E-state index contributed by atoms with van der Waals surface area (Å²) in [7, 11) is 0. The van der Waals surface area contributed by atoms with Crippen molar-refractivity contribution in [3.8, 4) is 5.75 Å². The number of esters is 1. The fraction of sp³-hybridized carbons (Fsp3) is 0.360. The Kier molecular flexibility index (Phi) is 13.5. The summed E-state index contributed by atoms with van der Waals surface area (Å²) >= 11 is 0. The molecule has 6 N–H and O–H groups in total. The number of aliphatic carboxylic acids is 3. The highest BCUT2D eigenvalue weighted by Gasteiger charge is 2.39. The summed E-state index contributed by atoms with van der Waals surface area (Å²) in [6.45, 7) is 1.05. The van der Waals surface area contributed by atoms with Crippen molar-refractivity contribution >= 4 is 35.5 Å². The quantitative estimate of drug-likeness (QED) is 0.0874. The average molecular weight is 641 g/mol. The molecule has 0 unspecified atom stereocenters. The molecule has 1 aliphatic heterocycles. The van der Waals surface area contributed by atoms with Gasteiger partial charge in [0.25, 0.3) is 0 Å². The SMILES string of the molecule is N=C(N)c1ccc(OC(=O)c2ccc(CN3CCC[C@H]3C(=O)CCC(=O)O)o2)cc1.O=C(O)C(F)(F)F.O=C(O)C(F)(F)F. The molecule has 0 bridgehead atoms. The van der Waals surface area contributed by atoms with Gasteiger partial charge in [-0.1, -0.05) is 0 Å². The molecule has 0 spiro atoms. The van der Waals surface area contributed by atoms with Crippen molar-refractivity contribution < 1.29 is 74.8 Å². The highest BCUT2D eigenvalue weighted by molar-refractivity contribution is 5.95. The number of alkyl halides is 6. The number of benzene rings is 1. The zero-order valence-corrected chi connectivity index (χ0v) is 22.3. The van der Waals surface area contributed by atoms with Crippen molar-refractivity contribution in [2.45, 2.75) is 50.6 Å². The minimum absolute atomic E-state index is 0.00858. The van der Waals surface area contributed by atoms with Crippen LogP contribution in [0.3, 0.4) is 0 Å². The van der Waals surface area contributed by atoms with Gasteiger partial charge < -0.3 is 30.2 Å². The number of ether oxygens (including phenoxy) is 1. The first-order valence-corrected chi connectivity index (χ1v) is 12.1. The number of carboxylic acids is 3. The van der Waals surface area contributed by atoms with Crippen molar-refractivity contribution in [2.24, 2.45) is 5.73 Å². The molecule has 13 nitrogen and oxygen atoms in total. The number of carbonyl (C=O) groups is 5. The summed E-state index contributed by atoms with van der Waals surface area (Å²) in [4.78, 5) is 55.0. The number of furan rings is 1. The maximum Gasteiger partial charge on any atom is 0.490 e. The van der Waals surface area contributed by atoms with Crippen molar-refractivity contribution in [1.29, 1.82) is 5.41 Å².